The Morgan fingerprint density at radius 3 is 1.55 bits per heavy atom. The highest BCUT2D eigenvalue weighted by molar-refractivity contribution is 5.89. The van der Waals surface area contributed by atoms with Gasteiger partial charge in [-0.1, -0.05) is 111 Å². The summed E-state index contributed by atoms with van der Waals surface area (Å²) in [6.07, 6.45) is 13.7. The quantitative estimate of drug-likeness (QED) is 0.114. The smallest absolute Gasteiger partial charge is 0.0464 e. The molecule has 0 amide bonds. The van der Waals surface area contributed by atoms with E-state index in [2.05, 4.69) is 158 Å². The van der Waals surface area contributed by atoms with E-state index >= 15 is 0 Å². The molecular weight excluding hydrogens is 593 g/mol. The van der Waals surface area contributed by atoms with Crippen LogP contribution in [-0.2, 0) is 12.8 Å². The van der Waals surface area contributed by atoms with Crippen molar-refractivity contribution in [2.45, 2.75) is 40.5 Å². The minimum atomic E-state index is 0.739. The number of allylic oxidation sites excluding steroid dienone is 5. The van der Waals surface area contributed by atoms with Crippen LogP contribution in [-0.4, -0.2) is 6.54 Å². The molecule has 0 heterocycles. The van der Waals surface area contributed by atoms with E-state index in [0.29, 0.717) is 0 Å². The van der Waals surface area contributed by atoms with Crippen molar-refractivity contribution >= 4 is 22.7 Å². The summed E-state index contributed by atoms with van der Waals surface area (Å²) in [6, 6.07) is 39.9. The average Bonchev–Trinajstić information content (AvgIpc) is 3.71. The first-order valence-corrected chi connectivity index (χ1v) is 17.3. The molecule has 0 atom stereocenters. The zero-order chi connectivity index (χ0) is 34.8. The molecule has 5 aromatic carbocycles. The molecule has 2 nitrogen and oxygen atoms in total. The Morgan fingerprint density at radius 2 is 1.08 bits per heavy atom. The number of para-hydroxylation sites is 2. The fourth-order valence-electron chi connectivity index (χ4n) is 6.87. The number of benzene rings is 5. The van der Waals surface area contributed by atoms with Crippen LogP contribution in [0.15, 0.2) is 171 Å². The van der Waals surface area contributed by atoms with Crippen LogP contribution >= 0.6 is 0 Å². The van der Waals surface area contributed by atoms with Crippen LogP contribution in [0.4, 0.5) is 22.7 Å². The van der Waals surface area contributed by atoms with Gasteiger partial charge in [-0.05, 0) is 126 Å². The van der Waals surface area contributed by atoms with Crippen LogP contribution in [0.5, 0.6) is 0 Å². The van der Waals surface area contributed by atoms with Gasteiger partial charge in [0, 0.05) is 35.0 Å². The highest BCUT2D eigenvalue weighted by atomic mass is 15.1. The number of hydrogen-bond acceptors (Lipinski definition) is 2. The third kappa shape index (κ3) is 7.15. The Bertz CT molecular complexity index is 1940. The second-order valence-electron chi connectivity index (χ2n) is 11.8. The standard InChI is InChI=1S/C42H36N2.C3H6.C2H6/c1-4-7-14-32(6-3)43(25-5-2)35-19-21-37-30(26-35)28-41-39(37)23-24-40-38-22-20-36(27-31(38)29-42(40)41)44(33-15-10-8-11-16-33)34-17-12-9-13-18-34;1-3-2;1-2/h4-24,26-27H,1-2,25,28-29H2,3H3;3H,1H2,2H3;1-2H3/b14-7-,32-6+;;. The second-order valence-corrected chi connectivity index (χ2v) is 11.8. The molecule has 2 aliphatic carbocycles. The summed E-state index contributed by atoms with van der Waals surface area (Å²) in [5, 5.41) is 0. The van der Waals surface area contributed by atoms with Crippen LogP contribution in [0.3, 0.4) is 0 Å². The predicted molar refractivity (Wildman–Crippen MR) is 215 cm³/mol. The average molecular weight is 641 g/mol. The van der Waals surface area contributed by atoms with Gasteiger partial charge in [0.1, 0.15) is 0 Å². The lowest BCUT2D eigenvalue weighted by Gasteiger charge is -2.26. The summed E-state index contributed by atoms with van der Waals surface area (Å²) >= 11 is 0. The van der Waals surface area contributed by atoms with Crippen LogP contribution in [0.1, 0.15) is 49.9 Å². The molecule has 0 saturated heterocycles. The largest absolute Gasteiger partial charge is 0.338 e. The molecule has 5 aromatic rings. The van der Waals surface area contributed by atoms with Crippen molar-refractivity contribution in [2.75, 3.05) is 16.3 Å². The molecule has 0 radical (unpaired) electrons. The molecule has 0 aromatic heterocycles. The van der Waals surface area contributed by atoms with Gasteiger partial charge in [0.05, 0.1) is 0 Å². The fraction of sp³-hybridized carbons (Fsp3) is 0.149. The summed E-state index contributed by atoms with van der Waals surface area (Å²) in [5.41, 5.74) is 17.0. The first-order chi connectivity index (χ1) is 24.1. The summed E-state index contributed by atoms with van der Waals surface area (Å²) in [7, 11) is 0. The van der Waals surface area contributed by atoms with Crippen molar-refractivity contribution < 1.29 is 0 Å². The molecule has 0 unspecified atom stereocenters. The number of anilines is 4. The molecule has 2 aliphatic rings. The van der Waals surface area contributed by atoms with Crippen molar-refractivity contribution in [3.63, 3.8) is 0 Å². The highest BCUT2D eigenvalue weighted by Crippen LogP contribution is 2.48. The van der Waals surface area contributed by atoms with Crippen LogP contribution in [0, 0.1) is 0 Å². The third-order valence-corrected chi connectivity index (χ3v) is 8.84. The van der Waals surface area contributed by atoms with E-state index in [1.54, 1.807) is 6.08 Å². The van der Waals surface area contributed by atoms with Crippen molar-refractivity contribution in [3.8, 4) is 22.3 Å². The Morgan fingerprint density at radius 1 is 0.612 bits per heavy atom. The summed E-state index contributed by atoms with van der Waals surface area (Å²) < 4.78 is 0. The normalized spacial score (nSPS) is 11.9. The van der Waals surface area contributed by atoms with Crippen molar-refractivity contribution in [1.82, 2.24) is 0 Å². The molecule has 2 heteroatoms. The van der Waals surface area contributed by atoms with E-state index in [4.69, 9.17) is 0 Å². The van der Waals surface area contributed by atoms with E-state index in [9.17, 15) is 0 Å². The Kier molecular flexibility index (Phi) is 11.7. The molecule has 0 N–H and O–H groups in total. The summed E-state index contributed by atoms with van der Waals surface area (Å²) in [5.74, 6) is 0. The zero-order valence-electron chi connectivity index (χ0n) is 29.5. The monoisotopic (exact) mass is 640 g/mol. The Hall–Kier alpha value is -5.60. The lowest BCUT2D eigenvalue weighted by Crippen LogP contribution is -2.21. The predicted octanol–water partition coefficient (Wildman–Crippen LogP) is 13.2. The maximum atomic E-state index is 4.02. The van der Waals surface area contributed by atoms with Crippen molar-refractivity contribution in [2.24, 2.45) is 0 Å². The molecule has 246 valence electrons. The third-order valence-electron chi connectivity index (χ3n) is 8.84. The number of nitrogens with zero attached hydrogens (tertiary/aromatic N) is 2. The van der Waals surface area contributed by atoms with Gasteiger partial charge in [-0.3, -0.25) is 0 Å². The molecule has 0 spiro atoms. The van der Waals surface area contributed by atoms with Gasteiger partial charge in [-0.2, -0.15) is 0 Å². The van der Waals surface area contributed by atoms with Gasteiger partial charge in [-0.15, -0.1) is 13.2 Å². The van der Waals surface area contributed by atoms with Crippen molar-refractivity contribution in [3.05, 3.63) is 193 Å². The molecule has 0 fully saturated rings. The highest BCUT2D eigenvalue weighted by Gasteiger charge is 2.29. The van der Waals surface area contributed by atoms with Crippen LogP contribution in [0.2, 0.25) is 0 Å². The van der Waals surface area contributed by atoms with E-state index in [0.717, 1.165) is 36.5 Å². The SMILES string of the molecule is C=C/C=C\C(=C/C)N(CC=C)c1ccc2c(c1)Cc1c-2ccc2c1Cc1cc(N(c3ccccc3)c3ccccc3)ccc1-2.C=CC.CC. The lowest BCUT2D eigenvalue weighted by atomic mass is 9.96. The van der Waals surface area contributed by atoms with Gasteiger partial charge in [0.25, 0.3) is 0 Å². The Balaban J connectivity index is 0.000000889. The molecular formula is C47H48N2. The maximum absolute atomic E-state index is 4.02. The van der Waals surface area contributed by atoms with Gasteiger partial charge in [0.2, 0.25) is 0 Å². The number of fused-ring (bicyclic) bond motifs is 7. The first kappa shape index (κ1) is 34.7. The molecule has 0 saturated carbocycles. The zero-order valence-corrected chi connectivity index (χ0v) is 29.5. The van der Waals surface area contributed by atoms with Gasteiger partial charge < -0.3 is 9.80 Å². The van der Waals surface area contributed by atoms with Crippen LogP contribution < -0.4 is 9.80 Å². The van der Waals surface area contributed by atoms with E-state index in [1.165, 1.54) is 55.9 Å². The minimum Gasteiger partial charge on any atom is -0.338 e. The molecule has 49 heavy (non-hydrogen) atoms. The van der Waals surface area contributed by atoms with Crippen LogP contribution in [0.25, 0.3) is 22.3 Å². The number of hydrogen-bond donors (Lipinski definition) is 0. The Labute approximate surface area is 294 Å². The summed E-state index contributed by atoms with van der Waals surface area (Å²) in [6.45, 7) is 19.9. The maximum Gasteiger partial charge on any atom is 0.0464 e. The molecule has 7 rings (SSSR count). The molecule has 0 aliphatic heterocycles. The van der Waals surface area contributed by atoms with E-state index < -0.39 is 0 Å². The van der Waals surface area contributed by atoms with E-state index in [-0.39, 0.29) is 0 Å². The van der Waals surface area contributed by atoms with E-state index in [1.807, 2.05) is 39.0 Å². The number of rotatable bonds is 9. The topological polar surface area (TPSA) is 6.48 Å². The lowest BCUT2D eigenvalue weighted by molar-refractivity contribution is 1.03. The van der Waals surface area contributed by atoms with Gasteiger partial charge >= 0.3 is 0 Å². The van der Waals surface area contributed by atoms with Gasteiger partial charge in [-0.25, -0.2) is 0 Å². The first-order valence-electron chi connectivity index (χ1n) is 17.3. The van der Waals surface area contributed by atoms with Crippen molar-refractivity contribution in [1.29, 1.82) is 0 Å². The molecule has 0 bridgehead atoms. The van der Waals surface area contributed by atoms with Gasteiger partial charge in [0.15, 0.2) is 0 Å². The minimum absolute atomic E-state index is 0.739. The summed E-state index contributed by atoms with van der Waals surface area (Å²) in [4.78, 5) is 4.66. The fourth-order valence-corrected chi connectivity index (χ4v) is 6.87. The second kappa shape index (κ2) is 16.5.